The van der Waals surface area contributed by atoms with Gasteiger partial charge in [-0.05, 0) is 19.3 Å². The number of hydrogen-bond acceptors (Lipinski definition) is 3. The molecule has 1 atom stereocenters. The Balaban J connectivity index is 2.42. The lowest BCUT2D eigenvalue weighted by molar-refractivity contribution is -0.138. The summed E-state index contributed by atoms with van der Waals surface area (Å²) in [4.78, 5) is 11.5. The monoisotopic (exact) mass is 228 g/mol. The van der Waals surface area contributed by atoms with Crippen LogP contribution in [0.25, 0.3) is 0 Å². The molecule has 4 nitrogen and oxygen atoms in total. The number of nitrogens with two attached hydrogens (primary N) is 1. The van der Waals surface area contributed by atoms with Gasteiger partial charge in [-0.15, -0.1) is 0 Å². The van der Waals surface area contributed by atoms with Gasteiger partial charge in [0.1, 0.15) is 6.10 Å². The summed E-state index contributed by atoms with van der Waals surface area (Å²) in [5, 5.41) is 0. The van der Waals surface area contributed by atoms with E-state index in [9.17, 15) is 4.79 Å². The van der Waals surface area contributed by atoms with Crippen molar-refractivity contribution in [3.8, 4) is 0 Å². The van der Waals surface area contributed by atoms with Gasteiger partial charge in [0.25, 0.3) is 5.91 Å². The minimum absolute atomic E-state index is 0.189. The number of ether oxygens (including phenoxy) is 1. The van der Waals surface area contributed by atoms with Crippen LogP contribution in [0.2, 0.25) is 0 Å². The largest absolute Gasteiger partial charge is 0.365 e. The van der Waals surface area contributed by atoms with Gasteiger partial charge in [-0.3, -0.25) is 10.2 Å². The number of rotatable bonds is 5. The SMILES string of the molecule is CCCC(OC1CCCCCC1)C(=O)NN. The molecule has 0 spiro atoms. The van der Waals surface area contributed by atoms with Crippen LogP contribution in [0.3, 0.4) is 0 Å². The highest BCUT2D eigenvalue weighted by molar-refractivity contribution is 5.80. The van der Waals surface area contributed by atoms with Gasteiger partial charge in [0, 0.05) is 0 Å². The highest BCUT2D eigenvalue weighted by Gasteiger charge is 2.22. The molecule has 0 aromatic heterocycles. The second kappa shape index (κ2) is 7.63. The Morgan fingerprint density at radius 2 is 2.00 bits per heavy atom. The molecule has 0 radical (unpaired) electrons. The van der Waals surface area contributed by atoms with Crippen LogP contribution in [0.15, 0.2) is 0 Å². The zero-order chi connectivity index (χ0) is 11.8. The maximum Gasteiger partial charge on any atom is 0.262 e. The van der Waals surface area contributed by atoms with E-state index in [0.717, 1.165) is 25.7 Å². The molecule has 0 aromatic rings. The van der Waals surface area contributed by atoms with E-state index in [4.69, 9.17) is 10.6 Å². The Kier molecular flexibility index (Phi) is 6.42. The minimum atomic E-state index is -0.363. The summed E-state index contributed by atoms with van der Waals surface area (Å²) in [7, 11) is 0. The first-order chi connectivity index (χ1) is 7.77. The first-order valence-electron chi connectivity index (χ1n) is 6.43. The second-order valence-corrected chi connectivity index (χ2v) is 4.54. The van der Waals surface area contributed by atoms with Crippen LogP contribution < -0.4 is 11.3 Å². The molecule has 4 heteroatoms. The summed E-state index contributed by atoms with van der Waals surface area (Å²) in [6.07, 6.45) is 8.75. The van der Waals surface area contributed by atoms with E-state index in [-0.39, 0.29) is 18.1 Å². The number of nitrogens with one attached hydrogen (secondary N) is 1. The third-order valence-electron chi connectivity index (χ3n) is 3.14. The van der Waals surface area contributed by atoms with Gasteiger partial charge in [-0.2, -0.15) is 0 Å². The molecule has 0 heterocycles. The molecule has 0 saturated heterocycles. The Morgan fingerprint density at radius 1 is 1.38 bits per heavy atom. The molecule has 1 aliphatic carbocycles. The van der Waals surface area contributed by atoms with Gasteiger partial charge in [-0.1, -0.05) is 39.0 Å². The molecular formula is C12H24N2O2. The quantitative estimate of drug-likeness (QED) is 0.327. The number of hydrazine groups is 1. The molecule has 0 aromatic carbocycles. The van der Waals surface area contributed by atoms with Crippen molar-refractivity contribution in [3.63, 3.8) is 0 Å². The van der Waals surface area contributed by atoms with Crippen LogP contribution in [0.1, 0.15) is 58.3 Å². The maximum absolute atomic E-state index is 11.5. The normalized spacial score (nSPS) is 20.1. The summed E-state index contributed by atoms with van der Waals surface area (Å²) < 4.78 is 5.87. The van der Waals surface area contributed by atoms with Gasteiger partial charge < -0.3 is 4.74 Å². The molecule has 1 unspecified atom stereocenters. The number of hydrogen-bond donors (Lipinski definition) is 2. The Bertz CT molecular complexity index is 201. The summed E-state index contributed by atoms with van der Waals surface area (Å²) in [6.45, 7) is 2.05. The molecule has 0 bridgehead atoms. The lowest BCUT2D eigenvalue weighted by Gasteiger charge is -2.22. The number of carbonyl (C=O) groups excluding carboxylic acids is 1. The van der Waals surface area contributed by atoms with Crippen molar-refractivity contribution < 1.29 is 9.53 Å². The van der Waals surface area contributed by atoms with E-state index < -0.39 is 0 Å². The smallest absolute Gasteiger partial charge is 0.262 e. The zero-order valence-corrected chi connectivity index (χ0v) is 10.2. The zero-order valence-electron chi connectivity index (χ0n) is 10.2. The highest BCUT2D eigenvalue weighted by Crippen LogP contribution is 2.21. The van der Waals surface area contributed by atoms with E-state index in [1.54, 1.807) is 0 Å². The first-order valence-corrected chi connectivity index (χ1v) is 6.43. The Morgan fingerprint density at radius 3 is 2.50 bits per heavy atom. The summed E-state index contributed by atoms with van der Waals surface area (Å²) in [5.41, 5.74) is 2.19. The minimum Gasteiger partial charge on any atom is -0.365 e. The van der Waals surface area contributed by atoms with Crippen molar-refractivity contribution in [1.82, 2.24) is 5.43 Å². The van der Waals surface area contributed by atoms with Crippen LogP contribution >= 0.6 is 0 Å². The van der Waals surface area contributed by atoms with Crippen molar-refractivity contribution in [3.05, 3.63) is 0 Å². The molecule has 1 aliphatic rings. The van der Waals surface area contributed by atoms with E-state index >= 15 is 0 Å². The van der Waals surface area contributed by atoms with E-state index in [1.807, 2.05) is 6.92 Å². The molecule has 1 amide bonds. The van der Waals surface area contributed by atoms with E-state index in [1.165, 1.54) is 25.7 Å². The van der Waals surface area contributed by atoms with Crippen molar-refractivity contribution >= 4 is 5.91 Å². The first kappa shape index (κ1) is 13.5. The predicted molar refractivity (Wildman–Crippen MR) is 63.6 cm³/mol. The topological polar surface area (TPSA) is 64.3 Å². The van der Waals surface area contributed by atoms with Crippen molar-refractivity contribution in [2.24, 2.45) is 5.84 Å². The lowest BCUT2D eigenvalue weighted by Crippen LogP contribution is -2.42. The third kappa shape index (κ3) is 4.49. The fraction of sp³-hybridized carbons (Fsp3) is 0.917. The van der Waals surface area contributed by atoms with Crippen LogP contribution in [0, 0.1) is 0 Å². The van der Waals surface area contributed by atoms with Gasteiger partial charge in [0.15, 0.2) is 0 Å². The van der Waals surface area contributed by atoms with Crippen LogP contribution in [0.5, 0.6) is 0 Å². The number of carbonyl (C=O) groups is 1. The predicted octanol–water partition coefficient (Wildman–Crippen LogP) is 1.88. The fourth-order valence-electron chi connectivity index (χ4n) is 2.23. The fourth-order valence-corrected chi connectivity index (χ4v) is 2.23. The molecule has 94 valence electrons. The highest BCUT2D eigenvalue weighted by atomic mass is 16.5. The van der Waals surface area contributed by atoms with Crippen LogP contribution in [-0.2, 0) is 9.53 Å². The molecular weight excluding hydrogens is 204 g/mol. The summed E-state index contributed by atoms with van der Waals surface area (Å²) in [6, 6.07) is 0. The van der Waals surface area contributed by atoms with Gasteiger partial charge in [0.05, 0.1) is 6.10 Å². The number of amides is 1. The molecule has 16 heavy (non-hydrogen) atoms. The molecule has 1 saturated carbocycles. The van der Waals surface area contributed by atoms with E-state index in [2.05, 4.69) is 5.43 Å². The molecule has 1 fully saturated rings. The average Bonchev–Trinajstić information content (AvgIpc) is 2.56. The Hall–Kier alpha value is -0.610. The van der Waals surface area contributed by atoms with Crippen molar-refractivity contribution in [1.29, 1.82) is 0 Å². The van der Waals surface area contributed by atoms with Gasteiger partial charge >= 0.3 is 0 Å². The van der Waals surface area contributed by atoms with E-state index in [0.29, 0.717) is 0 Å². The lowest BCUT2D eigenvalue weighted by atomic mass is 10.1. The standard InChI is InChI=1S/C12H24N2O2/c1-2-7-11(12(15)14-13)16-10-8-5-3-4-6-9-10/h10-11H,2-9,13H2,1H3,(H,14,15). The molecule has 0 aliphatic heterocycles. The third-order valence-corrected chi connectivity index (χ3v) is 3.14. The summed E-state index contributed by atoms with van der Waals surface area (Å²) in [5.74, 6) is 4.97. The maximum atomic E-state index is 11.5. The van der Waals surface area contributed by atoms with Crippen molar-refractivity contribution in [2.75, 3.05) is 0 Å². The van der Waals surface area contributed by atoms with Gasteiger partial charge in [0.2, 0.25) is 0 Å². The average molecular weight is 228 g/mol. The molecule has 3 N–H and O–H groups in total. The van der Waals surface area contributed by atoms with Crippen LogP contribution in [-0.4, -0.2) is 18.1 Å². The van der Waals surface area contributed by atoms with Crippen molar-refractivity contribution in [2.45, 2.75) is 70.5 Å². The Labute approximate surface area is 97.9 Å². The summed E-state index contributed by atoms with van der Waals surface area (Å²) >= 11 is 0. The van der Waals surface area contributed by atoms with Crippen LogP contribution in [0.4, 0.5) is 0 Å². The second-order valence-electron chi connectivity index (χ2n) is 4.54. The molecule has 1 rings (SSSR count). The van der Waals surface area contributed by atoms with Gasteiger partial charge in [-0.25, -0.2) is 5.84 Å².